The number of rotatable bonds is 6. The van der Waals surface area contributed by atoms with Gasteiger partial charge in [0.1, 0.15) is 21.9 Å². The van der Waals surface area contributed by atoms with Crippen LogP contribution in [0.4, 0.5) is 0 Å². The van der Waals surface area contributed by atoms with E-state index < -0.39 is 9.84 Å². The van der Waals surface area contributed by atoms with Crippen LogP contribution in [0.5, 0.6) is 5.75 Å². The Morgan fingerprint density at radius 2 is 1.83 bits per heavy atom. The second kappa shape index (κ2) is 6.68. The number of ether oxygens (including phenoxy) is 1. The highest BCUT2D eigenvalue weighted by Crippen LogP contribution is 2.34. The van der Waals surface area contributed by atoms with E-state index in [1.54, 1.807) is 12.1 Å². The number of carbonyl (C=O) groups is 1. The van der Waals surface area contributed by atoms with Gasteiger partial charge in [-0.25, -0.2) is 8.42 Å². The van der Waals surface area contributed by atoms with Crippen molar-refractivity contribution in [2.45, 2.75) is 6.42 Å². The average Bonchev–Trinajstić information content (AvgIpc) is 2.25. The third-order valence-corrected chi connectivity index (χ3v) is 4.27. The van der Waals surface area contributed by atoms with Gasteiger partial charge in [-0.15, -0.1) is 0 Å². The Morgan fingerprint density at radius 1 is 1.28 bits per heavy atom. The molecule has 0 aliphatic heterocycles. The summed E-state index contributed by atoms with van der Waals surface area (Å²) in [4.78, 5) is 10.6. The van der Waals surface area contributed by atoms with Gasteiger partial charge in [0.05, 0.1) is 21.3 Å². The molecule has 0 radical (unpaired) electrons. The molecule has 1 rings (SSSR count). The van der Waals surface area contributed by atoms with Crippen LogP contribution in [-0.4, -0.2) is 33.3 Å². The summed E-state index contributed by atoms with van der Waals surface area (Å²) in [7, 11) is -2.96. The van der Waals surface area contributed by atoms with Crippen molar-refractivity contribution in [2.24, 2.45) is 0 Å². The fourth-order valence-electron chi connectivity index (χ4n) is 1.28. The van der Waals surface area contributed by atoms with Crippen LogP contribution >= 0.6 is 31.9 Å². The maximum Gasteiger partial charge on any atom is 0.150 e. The standard InChI is InChI=1S/C11H12Br2O4S/c1-18(15,16)4-2-3-17-11-9(12)5-8(7-14)6-10(11)13/h5-7H,2-4H2,1H3. The van der Waals surface area contributed by atoms with Gasteiger partial charge in [0.25, 0.3) is 0 Å². The predicted molar refractivity (Wildman–Crippen MR) is 77.1 cm³/mol. The van der Waals surface area contributed by atoms with E-state index in [1.807, 2.05) is 0 Å². The molecule has 100 valence electrons. The molecule has 0 bridgehead atoms. The van der Waals surface area contributed by atoms with Gasteiger partial charge in [-0.05, 0) is 50.4 Å². The Balaban J connectivity index is 2.65. The fraction of sp³-hybridized carbons (Fsp3) is 0.364. The van der Waals surface area contributed by atoms with Crippen LogP contribution in [0.3, 0.4) is 0 Å². The lowest BCUT2D eigenvalue weighted by Gasteiger charge is -2.10. The quantitative estimate of drug-likeness (QED) is 0.545. The third kappa shape index (κ3) is 5.07. The van der Waals surface area contributed by atoms with Crippen molar-refractivity contribution in [3.8, 4) is 5.75 Å². The maximum atomic E-state index is 10.9. The second-order valence-electron chi connectivity index (χ2n) is 3.76. The van der Waals surface area contributed by atoms with Crippen LogP contribution in [0.1, 0.15) is 16.8 Å². The summed E-state index contributed by atoms with van der Waals surface area (Å²) in [5, 5.41) is 0. The van der Waals surface area contributed by atoms with Crippen molar-refractivity contribution in [2.75, 3.05) is 18.6 Å². The maximum absolute atomic E-state index is 10.9. The Kier molecular flexibility index (Phi) is 5.81. The highest BCUT2D eigenvalue weighted by atomic mass is 79.9. The molecule has 1 aromatic carbocycles. The smallest absolute Gasteiger partial charge is 0.150 e. The van der Waals surface area contributed by atoms with Gasteiger partial charge in [-0.1, -0.05) is 0 Å². The van der Waals surface area contributed by atoms with Gasteiger partial charge in [-0.3, -0.25) is 4.79 Å². The average molecular weight is 400 g/mol. The Labute approximate surface area is 123 Å². The predicted octanol–water partition coefficient (Wildman–Crippen LogP) is 2.84. The summed E-state index contributed by atoms with van der Waals surface area (Å²) in [6.45, 7) is 0.296. The lowest BCUT2D eigenvalue weighted by molar-refractivity contribution is 0.112. The molecule has 0 atom stereocenters. The first-order valence-corrected chi connectivity index (χ1v) is 8.73. The number of benzene rings is 1. The molecular formula is C11H12Br2O4S. The largest absolute Gasteiger partial charge is 0.491 e. The monoisotopic (exact) mass is 398 g/mol. The number of sulfone groups is 1. The molecule has 0 saturated carbocycles. The third-order valence-electron chi connectivity index (χ3n) is 2.06. The van der Waals surface area contributed by atoms with E-state index in [4.69, 9.17) is 4.74 Å². The van der Waals surface area contributed by atoms with Crippen molar-refractivity contribution in [3.63, 3.8) is 0 Å². The highest BCUT2D eigenvalue weighted by Gasteiger charge is 2.09. The molecule has 0 unspecified atom stereocenters. The zero-order valence-corrected chi connectivity index (χ0v) is 13.6. The molecule has 4 nitrogen and oxygen atoms in total. The SMILES string of the molecule is CS(=O)(=O)CCCOc1c(Br)cc(C=O)cc1Br. The van der Waals surface area contributed by atoms with Crippen LogP contribution < -0.4 is 4.74 Å². The normalized spacial score (nSPS) is 11.3. The molecule has 0 aliphatic rings. The summed E-state index contributed by atoms with van der Waals surface area (Å²) in [6, 6.07) is 3.29. The van der Waals surface area contributed by atoms with Crippen molar-refractivity contribution < 1.29 is 17.9 Å². The van der Waals surface area contributed by atoms with Crippen LogP contribution in [0.15, 0.2) is 21.1 Å². The topological polar surface area (TPSA) is 60.4 Å². The Hall–Kier alpha value is -0.400. The van der Waals surface area contributed by atoms with E-state index in [0.29, 0.717) is 33.3 Å². The molecule has 0 heterocycles. The van der Waals surface area contributed by atoms with Gasteiger partial charge < -0.3 is 4.74 Å². The minimum Gasteiger partial charge on any atom is -0.491 e. The first-order valence-electron chi connectivity index (χ1n) is 5.08. The zero-order valence-electron chi connectivity index (χ0n) is 9.65. The molecule has 0 amide bonds. The van der Waals surface area contributed by atoms with Crippen LogP contribution in [-0.2, 0) is 9.84 Å². The lowest BCUT2D eigenvalue weighted by atomic mass is 10.2. The Morgan fingerprint density at radius 3 is 2.28 bits per heavy atom. The summed E-state index contributed by atoms with van der Waals surface area (Å²) in [5.41, 5.74) is 0.525. The van der Waals surface area contributed by atoms with E-state index in [2.05, 4.69) is 31.9 Å². The number of carbonyl (C=O) groups excluding carboxylic acids is 1. The lowest BCUT2D eigenvalue weighted by Crippen LogP contribution is -2.08. The molecule has 18 heavy (non-hydrogen) atoms. The molecule has 0 aliphatic carbocycles. The number of aldehydes is 1. The number of hydrogen-bond donors (Lipinski definition) is 0. The van der Waals surface area contributed by atoms with E-state index in [1.165, 1.54) is 6.26 Å². The molecule has 0 fully saturated rings. The minimum atomic E-state index is -2.96. The summed E-state index contributed by atoms with van der Waals surface area (Å²) >= 11 is 6.60. The molecule has 1 aromatic rings. The van der Waals surface area contributed by atoms with E-state index in [9.17, 15) is 13.2 Å². The Bertz CT molecular complexity index is 517. The van der Waals surface area contributed by atoms with Crippen LogP contribution in [0.2, 0.25) is 0 Å². The fourth-order valence-corrected chi connectivity index (χ4v) is 3.37. The van der Waals surface area contributed by atoms with Gasteiger partial charge in [-0.2, -0.15) is 0 Å². The second-order valence-corrected chi connectivity index (χ2v) is 7.73. The molecule has 7 heteroatoms. The molecule has 0 saturated heterocycles. The molecule has 0 N–H and O–H groups in total. The zero-order chi connectivity index (χ0) is 13.8. The van der Waals surface area contributed by atoms with Crippen molar-refractivity contribution in [1.82, 2.24) is 0 Å². The van der Waals surface area contributed by atoms with Crippen LogP contribution in [0, 0.1) is 0 Å². The molecule has 0 spiro atoms. The van der Waals surface area contributed by atoms with Crippen molar-refractivity contribution >= 4 is 48.0 Å². The minimum absolute atomic E-state index is 0.0919. The molecule has 0 aromatic heterocycles. The van der Waals surface area contributed by atoms with E-state index >= 15 is 0 Å². The van der Waals surface area contributed by atoms with Gasteiger partial charge >= 0.3 is 0 Å². The van der Waals surface area contributed by atoms with Crippen molar-refractivity contribution in [3.05, 3.63) is 26.6 Å². The van der Waals surface area contributed by atoms with Crippen LogP contribution in [0.25, 0.3) is 0 Å². The van der Waals surface area contributed by atoms with Gasteiger partial charge in [0.15, 0.2) is 0 Å². The number of halogens is 2. The highest BCUT2D eigenvalue weighted by molar-refractivity contribution is 9.11. The first-order chi connectivity index (χ1) is 8.33. The summed E-state index contributed by atoms with van der Waals surface area (Å²) in [5.74, 6) is 0.656. The summed E-state index contributed by atoms with van der Waals surface area (Å²) < 4.78 is 28.7. The van der Waals surface area contributed by atoms with E-state index in [-0.39, 0.29) is 5.75 Å². The van der Waals surface area contributed by atoms with Gasteiger partial charge in [0, 0.05) is 11.8 Å². The summed E-state index contributed by atoms with van der Waals surface area (Å²) in [6.07, 6.45) is 2.35. The number of hydrogen-bond acceptors (Lipinski definition) is 4. The first kappa shape index (κ1) is 15.7. The molecular weight excluding hydrogens is 388 g/mol. The van der Waals surface area contributed by atoms with E-state index in [0.717, 1.165) is 6.29 Å². The van der Waals surface area contributed by atoms with Crippen molar-refractivity contribution in [1.29, 1.82) is 0 Å². The van der Waals surface area contributed by atoms with Gasteiger partial charge in [0.2, 0.25) is 0 Å².